The first-order valence-corrected chi connectivity index (χ1v) is 6.59. The highest BCUT2D eigenvalue weighted by Crippen LogP contribution is 2.29. The predicted octanol–water partition coefficient (Wildman–Crippen LogP) is 4.72. The first kappa shape index (κ1) is 13.8. The minimum Gasteiger partial charge on any atom is -0.494 e. The summed E-state index contributed by atoms with van der Waals surface area (Å²) in [6.45, 7) is 2.52. The van der Waals surface area contributed by atoms with Gasteiger partial charge in [0.25, 0.3) is 0 Å². The van der Waals surface area contributed by atoms with Gasteiger partial charge in [-0.2, -0.15) is 0 Å². The molecule has 0 atom stereocenters. The fourth-order valence-electron chi connectivity index (χ4n) is 1.68. The van der Waals surface area contributed by atoms with Gasteiger partial charge in [0.05, 0.1) is 16.7 Å². The second-order valence-electron chi connectivity index (χ2n) is 3.98. The largest absolute Gasteiger partial charge is 0.494 e. The standard InChI is InChI=1S/C14H14Cl2N2O/c1-2-19-12-6-9(17)5-11(7-12)18-10-3-4-13(15)14(16)8-10/h3-8,18H,2,17H2,1H3. The zero-order chi connectivity index (χ0) is 13.8. The van der Waals surface area contributed by atoms with Crippen molar-refractivity contribution < 1.29 is 4.74 Å². The maximum Gasteiger partial charge on any atom is 0.123 e. The lowest BCUT2D eigenvalue weighted by atomic mass is 10.2. The lowest BCUT2D eigenvalue weighted by molar-refractivity contribution is 0.340. The molecule has 0 aliphatic rings. The molecule has 0 saturated carbocycles. The molecule has 0 amide bonds. The summed E-state index contributed by atoms with van der Waals surface area (Å²) in [4.78, 5) is 0. The summed E-state index contributed by atoms with van der Waals surface area (Å²) >= 11 is 11.8. The van der Waals surface area contributed by atoms with E-state index in [-0.39, 0.29) is 0 Å². The van der Waals surface area contributed by atoms with Crippen molar-refractivity contribution in [3.05, 3.63) is 46.4 Å². The van der Waals surface area contributed by atoms with E-state index in [1.54, 1.807) is 18.2 Å². The molecule has 0 saturated heterocycles. The second-order valence-corrected chi connectivity index (χ2v) is 4.79. The zero-order valence-electron chi connectivity index (χ0n) is 10.4. The first-order valence-electron chi connectivity index (χ1n) is 5.84. The van der Waals surface area contributed by atoms with Gasteiger partial charge >= 0.3 is 0 Å². The van der Waals surface area contributed by atoms with E-state index >= 15 is 0 Å². The van der Waals surface area contributed by atoms with E-state index in [1.807, 2.05) is 25.1 Å². The fourth-order valence-corrected chi connectivity index (χ4v) is 1.98. The molecule has 0 unspecified atom stereocenters. The highest BCUT2D eigenvalue weighted by atomic mass is 35.5. The van der Waals surface area contributed by atoms with Gasteiger partial charge in [0.15, 0.2) is 0 Å². The van der Waals surface area contributed by atoms with Gasteiger partial charge in [-0.1, -0.05) is 23.2 Å². The maximum atomic E-state index is 5.97. The van der Waals surface area contributed by atoms with Crippen LogP contribution in [0.25, 0.3) is 0 Å². The fraction of sp³-hybridized carbons (Fsp3) is 0.143. The Labute approximate surface area is 122 Å². The number of hydrogen-bond donors (Lipinski definition) is 2. The molecule has 100 valence electrons. The van der Waals surface area contributed by atoms with Crippen LogP contribution in [0.5, 0.6) is 5.75 Å². The summed E-state index contributed by atoms with van der Waals surface area (Å²) < 4.78 is 5.44. The Balaban J connectivity index is 2.24. The minimum atomic E-state index is 0.501. The van der Waals surface area contributed by atoms with Gasteiger partial charge in [-0.15, -0.1) is 0 Å². The van der Waals surface area contributed by atoms with Crippen LogP contribution in [0.15, 0.2) is 36.4 Å². The molecule has 5 heteroatoms. The van der Waals surface area contributed by atoms with Crippen molar-refractivity contribution >= 4 is 40.3 Å². The molecular formula is C14H14Cl2N2O. The lowest BCUT2D eigenvalue weighted by Crippen LogP contribution is -1.96. The predicted molar refractivity (Wildman–Crippen MR) is 81.8 cm³/mol. The van der Waals surface area contributed by atoms with Gasteiger partial charge in [0, 0.05) is 29.2 Å². The topological polar surface area (TPSA) is 47.3 Å². The number of halogens is 2. The third-order valence-electron chi connectivity index (χ3n) is 2.45. The van der Waals surface area contributed by atoms with Crippen LogP contribution in [0.4, 0.5) is 17.1 Å². The lowest BCUT2D eigenvalue weighted by Gasteiger charge is -2.11. The number of nitrogens with one attached hydrogen (secondary N) is 1. The third kappa shape index (κ3) is 3.69. The van der Waals surface area contributed by atoms with Gasteiger partial charge in [-0.05, 0) is 31.2 Å². The van der Waals surface area contributed by atoms with Crippen molar-refractivity contribution in [2.75, 3.05) is 17.7 Å². The molecule has 0 aromatic heterocycles. The molecule has 0 aliphatic carbocycles. The van der Waals surface area contributed by atoms with Crippen molar-refractivity contribution in [2.24, 2.45) is 0 Å². The van der Waals surface area contributed by atoms with Crippen LogP contribution in [0.3, 0.4) is 0 Å². The summed E-state index contributed by atoms with van der Waals surface area (Å²) in [7, 11) is 0. The van der Waals surface area contributed by atoms with E-state index in [2.05, 4.69) is 5.32 Å². The molecule has 0 fully saturated rings. The SMILES string of the molecule is CCOc1cc(N)cc(Nc2ccc(Cl)c(Cl)c2)c1. The summed E-state index contributed by atoms with van der Waals surface area (Å²) in [5.74, 6) is 0.727. The van der Waals surface area contributed by atoms with Crippen LogP contribution < -0.4 is 15.8 Å². The van der Waals surface area contributed by atoms with Crippen molar-refractivity contribution in [3.63, 3.8) is 0 Å². The molecule has 2 aromatic rings. The molecule has 0 aliphatic heterocycles. The number of benzene rings is 2. The van der Waals surface area contributed by atoms with E-state index in [0.29, 0.717) is 22.3 Å². The molecule has 0 heterocycles. The number of nitrogen functional groups attached to an aromatic ring is 1. The summed E-state index contributed by atoms with van der Waals surface area (Å²) in [6, 6.07) is 10.8. The molecule has 0 spiro atoms. The molecule has 0 radical (unpaired) electrons. The first-order chi connectivity index (χ1) is 9.08. The van der Waals surface area contributed by atoms with Crippen LogP contribution in [-0.4, -0.2) is 6.61 Å². The minimum absolute atomic E-state index is 0.501. The number of hydrogen-bond acceptors (Lipinski definition) is 3. The van der Waals surface area contributed by atoms with Gasteiger partial charge in [-0.3, -0.25) is 0 Å². The van der Waals surface area contributed by atoms with Gasteiger partial charge in [0.1, 0.15) is 5.75 Å². The van der Waals surface area contributed by atoms with Crippen LogP contribution in [0.1, 0.15) is 6.92 Å². The van der Waals surface area contributed by atoms with E-state index in [9.17, 15) is 0 Å². The van der Waals surface area contributed by atoms with Crippen LogP contribution in [0.2, 0.25) is 10.0 Å². The highest BCUT2D eigenvalue weighted by Gasteiger charge is 2.03. The Morgan fingerprint density at radius 3 is 2.53 bits per heavy atom. The normalized spacial score (nSPS) is 10.3. The second kappa shape index (κ2) is 6.04. The van der Waals surface area contributed by atoms with Crippen LogP contribution in [-0.2, 0) is 0 Å². The quantitative estimate of drug-likeness (QED) is 0.803. The van der Waals surface area contributed by atoms with E-state index < -0.39 is 0 Å². The van der Waals surface area contributed by atoms with Gasteiger partial charge < -0.3 is 15.8 Å². The molecule has 2 aromatic carbocycles. The summed E-state index contributed by atoms with van der Waals surface area (Å²) in [5.41, 5.74) is 8.13. The van der Waals surface area contributed by atoms with Crippen molar-refractivity contribution in [2.45, 2.75) is 6.92 Å². The smallest absolute Gasteiger partial charge is 0.123 e. The van der Waals surface area contributed by atoms with Crippen molar-refractivity contribution in [1.29, 1.82) is 0 Å². The Morgan fingerprint density at radius 1 is 1.05 bits per heavy atom. The highest BCUT2D eigenvalue weighted by molar-refractivity contribution is 6.42. The Bertz CT molecular complexity index is 588. The van der Waals surface area contributed by atoms with Crippen molar-refractivity contribution in [3.8, 4) is 5.75 Å². The molecule has 3 N–H and O–H groups in total. The van der Waals surface area contributed by atoms with Gasteiger partial charge in [-0.25, -0.2) is 0 Å². The molecule has 2 rings (SSSR count). The average Bonchev–Trinajstić information content (AvgIpc) is 2.33. The monoisotopic (exact) mass is 296 g/mol. The van der Waals surface area contributed by atoms with Crippen LogP contribution >= 0.6 is 23.2 Å². The molecule has 3 nitrogen and oxygen atoms in total. The van der Waals surface area contributed by atoms with Gasteiger partial charge in [0.2, 0.25) is 0 Å². The zero-order valence-corrected chi connectivity index (χ0v) is 11.9. The van der Waals surface area contributed by atoms with Crippen LogP contribution in [0, 0.1) is 0 Å². The number of anilines is 3. The molecule has 19 heavy (non-hydrogen) atoms. The third-order valence-corrected chi connectivity index (χ3v) is 3.19. The average molecular weight is 297 g/mol. The summed E-state index contributed by atoms with van der Waals surface area (Å²) in [6.07, 6.45) is 0. The van der Waals surface area contributed by atoms with E-state index in [1.165, 1.54) is 0 Å². The summed E-state index contributed by atoms with van der Waals surface area (Å²) in [5, 5.41) is 4.23. The van der Waals surface area contributed by atoms with E-state index in [0.717, 1.165) is 17.1 Å². The Kier molecular flexibility index (Phi) is 4.40. The van der Waals surface area contributed by atoms with Crippen molar-refractivity contribution in [1.82, 2.24) is 0 Å². The maximum absolute atomic E-state index is 5.97. The number of rotatable bonds is 4. The number of ether oxygens (including phenoxy) is 1. The Hall–Kier alpha value is -1.58. The number of nitrogens with two attached hydrogens (primary N) is 1. The Morgan fingerprint density at radius 2 is 1.84 bits per heavy atom. The van der Waals surface area contributed by atoms with E-state index in [4.69, 9.17) is 33.7 Å². The molecule has 0 bridgehead atoms. The molecular weight excluding hydrogens is 283 g/mol.